The van der Waals surface area contributed by atoms with Gasteiger partial charge in [0, 0.05) is 6.42 Å². The zero-order valence-electron chi connectivity index (χ0n) is 8.57. The van der Waals surface area contributed by atoms with Crippen molar-refractivity contribution in [2.75, 3.05) is 11.2 Å². The molecular formula is C8H14N4OS. The van der Waals surface area contributed by atoms with Gasteiger partial charge in [0.1, 0.15) is 5.82 Å². The molecule has 0 aliphatic heterocycles. The summed E-state index contributed by atoms with van der Waals surface area (Å²) in [7, 11) is 0. The quantitative estimate of drug-likeness (QED) is 0.764. The van der Waals surface area contributed by atoms with Gasteiger partial charge in [-0.2, -0.15) is 0 Å². The normalized spacial score (nSPS) is 10.2. The summed E-state index contributed by atoms with van der Waals surface area (Å²) in [6, 6.07) is 0. The van der Waals surface area contributed by atoms with E-state index < -0.39 is 0 Å². The first-order chi connectivity index (χ1) is 6.69. The standard InChI is InChI=1S/C8H14N4OS/c1-4-7(13)11-12-6(3)9-10-8(12)14-5-2/h4-5H2,1-3H3,(H,11,13). The Kier molecular flexibility index (Phi) is 3.94. The largest absolute Gasteiger partial charge is 0.273 e. The third-order valence-electron chi connectivity index (χ3n) is 1.63. The van der Waals surface area contributed by atoms with Crippen molar-refractivity contribution < 1.29 is 4.79 Å². The van der Waals surface area contributed by atoms with E-state index in [1.165, 1.54) is 0 Å². The maximum atomic E-state index is 11.2. The van der Waals surface area contributed by atoms with Crippen molar-refractivity contribution in [1.82, 2.24) is 14.9 Å². The van der Waals surface area contributed by atoms with Gasteiger partial charge in [0.05, 0.1) is 0 Å². The Morgan fingerprint density at radius 1 is 1.50 bits per heavy atom. The van der Waals surface area contributed by atoms with Crippen molar-refractivity contribution in [2.45, 2.75) is 32.3 Å². The summed E-state index contributed by atoms with van der Waals surface area (Å²) in [5.74, 6) is 1.56. The van der Waals surface area contributed by atoms with E-state index in [-0.39, 0.29) is 5.91 Å². The number of carbonyl (C=O) groups is 1. The number of amides is 1. The van der Waals surface area contributed by atoms with Gasteiger partial charge in [-0.05, 0) is 12.7 Å². The average molecular weight is 214 g/mol. The topological polar surface area (TPSA) is 59.8 Å². The molecule has 5 nitrogen and oxygen atoms in total. The van der Waals surface area contributed by atoms with Crippen molar-refractivity contribution in [3.63, 3.8) is 0 Å². The molecular weight excluding hydrogens is 200 g/mol. The molecule has 0 atom stereocenters. The number of hydrogen-bond donors (Lipinski definition) is 1. The fourth-order valence-electron chi connectivity index (χ4n) is 0.898. The zero-order valence-corrected chi connectivity index (χ0v) is 9.39. The molecule has 0 saturated carbocycles. The van der Waals surface area contributed by atoms with E-state index in [4.69, 9.17) is 0 Å². The van der Waals surface area contributed by atoms with Crippen LogP contribution in [-0.2, 0) is 4.79 Å². The highest BCUT2D eigenvalue weighted by atomic mass is 32.2. The molecule has 1 N–H and O–H groups in total. The molecule has 1 aromatic heterocycles. The molecule has 78 valence electrons. The molecule has 1 heterocycles. The lowest BCUT2D eigenvalue weighted by atomic mass is 10.5. The van der Waals surface area contributed by atoms with Crippen LogP contribution in [0.15, 0.2) is 5.16 Å². The highest BCUT2D eigenvalue weighted by Gasteiger charge is 2.09. The van der Waals surface area contributed by atoms with E-state index in [9.17, 15) is 4.79 Å². The van der Waals surface area contributed by atoms with Crippen LogP contribution >= 0.6 is 11.8 Å². The molecule has 0 aliphatic rings. The monoisotopic (exact) mass is 214 g/mol. The van der Waals surface area contributed by atoms with Crippen LogP contribution in [-0.4, -0.2) is 26.5 Å². The number of hydrogen-bond acceptors (Lipinski definition) is 4. The van der Waals surface area contributed by atoms with Crippen LogP contribution in [0, 0.1) is 6.92 Å². The summed E-state index contributed by atoms with van der Waals surface area (Å²) in [5, 5.41) is 8.58. The van der Waals surface area contributed by atoms with E-state index in [0.29, 0.717) is 12.2 Å². The highest BCUT2D eigenvalue weighted by molar-refractivity contribution is 7.99. The molecule has 6 heteroatoms. The maximum absolute atomic E-state index is 11.2. The van der Waals surface area contributed by atoms with Crippen molar-refractivity contribution in [2.24, 2.45) is 0 Å². The average Bonchev–Trinajstić information content (AvgIpc) is 2.50. The van der Waals surface area contributed by atoms with Crippen LogP contribution in [0.3, 0.4) is 0 Å². The maximum Gasteiger partial charge on any atom is 0.238 e. The van der Waals surface area contributed by atoms with Gasteiger partial charge in [0.25, 0.3) is 0 Å². The molecule has 1 amide bonds. The Morgan fingerprint density at radius 3 is 2.79 bits per heavy atom. The summed E-state index contributed by atoms with van der Waals surface area (Å²) in [6.45, 7) is 5.64. The van der Waals surface area contributed by atoms with Crippen molar-refractivity contribution >= 4 is 17.7 Å². The molecule has 1 rings (SSSR count). The van der Waals surface area contributed by atoms with Gasteiger partial charge in [-0.3, -0.25) is 10.2 Å². The highest BCUT2D eigenvalue weighted by Crippen LogP contribution is 2.14. The summed E-state index contributed by atoms with van der Waals surface area (Å²) >= 11 is 1.55. The molecule has 0 saturated heterocycles. The summed E-state index contributed by atoms with van der Waals surface area (Å²) in [4.78, 5) is 11.2. The Bertz CT molecular complexity index is 323. The number of aryl methyl sites for hydroxylation is 1. The SMILES string of the molecule is CCSc1nnc(C)n1NC(=O)CC. The first kappa shape index (κ1) is 11.0. The van der Waals surface area contributed by atoms with Crippen molar-refractivity contribution in [3.05, 3.63) is 5.82 Å². The van der Waals surface area contributed by atoms with Crippen molar-refractivity contribution in [3.8, 4) is 0 Å². The summed E-state index contributed by atoms with van der Waals surface area (Å²) in [5.41, 5.74) is 2.73. The van der Waals surface area contributed by atoms with Crippen LogP contribution in [0.5, 0.6) is 0 Å². The lowest BCUT2D eigenvalue weighted by Gasteiger charge is -2.07. The molecule has 0 fully saturated rings. The first-order valence-electron chi connectivity index (χ1n) is 4.53. The van der Waals surface area contributed by atoms with Crippen LogP contribution < -0.4 is 5.43 Å². The van der Waals surface area contributed by atoms with E-state index in [1.807, 2.05) is 20.8 Å². The van der Waals surface area contributed by atoms with Gasteiger partial charge in [0.2, 0.25) is 11.1 Å². The number of carbonyl (C=O) groups excluding carboxylic acids is 1. The van der Waals surface area contributed by atoms with Crippen molar-refractivity contribution in [1.29, 1.82) is 0 Å². The molecule has 0 bridgehead atoms. The third kappa shape index (κ3) is 2.47. The summed E-state index contributed by atoms with van der Waals surface area (Å²) in [6.07, 6.45) is 0.452. The number of aromatic nitrogens is 3. The third-order valence-corrected chi connectivity index (χ3v) is 2.44. The van der Waals surface area contributed by atoms with Gasteiger partial charge in [-0.1, -0.05) is 25.6 Å². The van der Waals surface area contributed by atoms with E-state index in [0.717, 1.165) is 10.9 Å². The number of nitrogens with one attached hydrogen (secondary N) is 1. The molecule has 0 unspecified atom stereocenters. The Morgan fingerprint density at radius 2 is 2.21 bits per heavy atom. The second-order valence-corrected chi connectivity index (χ2v) is 3.92. The van der Waals surface area contributed by atoms with E-state index in [1.54, 1.807) is 16.4 Å². The van der Waals surface area contributed by atoms with Crippen LogP contribution in [0.4, 0.5) is 0 Å². The van der Waals surface area contributed by atoms with Gasteiger partial charge in [0.15, 0.2) is 0 Å². The predicted octanol–water partition coefficient (Wildman–Crippen LogP) is 1.18. The molecule has 0 radical (unpaired) electrons. The molecule has 1 aromatic rings. The minimum absolute atomic E-state index is 0.0362. The number of rotatable bonds is 4. The first-order valence-corrected chi connectivity index (χ1v) is 5.52. The molecule has 14 heavy (non-hydrogen) atoms. The number of thioether (sulfide) groups is 1. The lowest BCUT2D eigenvalue weighted by molar-refractivity contribution is -0.116. The second kappa shape index (κ2) is 4.99. The molecule has 0 spiro atoms. The minimum atomic E-state index is -0.0362. The van der Waals surface area contributed by atoms with Gasteiger partial charge < -0.3 is 0 Å². The molecule has 0 aromatic carbocycles. The van der Waals surface area contributed by atoms with E-state index >= 15 is 0 Å². The predicted molar refractivity (Wildman–Crippen MR) is 55.8 cm³/mol. The zero-order chi connectivity index (χ0) is 10.6. The second-order valence-electron chi connectivity index (χ2n) is 2.69. The summed E-state index contributed by atoms with van der Waals surface area (Å²) < 4.78 is 1.62. The Labute approximate surface area is 87.3 Å². The minimum Gasteiger partial charge on any atom is -0.273 e. The Balaban J connectivity index is 2.82. The number of nitrogens with zero attached hydrogens (tertiary/aromatic N) is 3. The van der Waals surface area contributed by atoms with Gasteiger partial charge in [-0.15, -0.1) is 10.2 Å². The van der Waals surface area contributed by atoms with E-state index in [2.05, 4.69) is 15.6 Å². The van der Waals surface area contributed by atoms with Gasteiger partial charge in [-0.25, -0.2) is 4.68 Å². The fraction of sp³-hybridized carbons (Fsp3) is 0.625. The van der Waals surface area contributed by atoms with Crippen LogP contribution in [0.1, 0.15) is 26.1 Å². The lowest BCUT2D eigenvalue weighted by Crippen LogP contribution is -2.23. The fourth-order valence-corrected chi connectivity index (χ4v) is 1.56. The molecule has 0 aliphatic carbocycles. The smallest absolute Gasteiger partial charge is 0.238 e. The van der Waals surface area contributed by atoms with Gasteiger partial charge >= 0.3 is 0 Å². The van der Waals surface area contributed by atoms with Crippen LogP contribution in [0.2, 0.25) is 0 Å². The van der Waals surface area contributed by atoms with Crippen LogP contribution in [0.25, 0.3) is 0 Å². The Hall–Kier alpha value is -1.04.